The molecule has 1 aliphatic rings. The maximum absolute atomic E-state index is 13.1. The molecule has 4 rings (SSSR count). The monoisotopic (exact) mass is 433 g/mol. The number of hydrogen-bond donors (Lipinski definition) is 1. The standard InChI is InChI=1S/C21H18Cl3N3O/c1-11(2)10-27-20(13-5-8-15(23)16(24)9-13)17-18(25-26-19(17)21(27)28)12-3-6-14(22)7-4-12/h3-9,11,20H,10H2,1-2H3,(H,25,26). The lowest BCUT2D eigenvalue weighted by Crippen LogP contribution is -2.32. The first kappa shape index (κ1) is 19.3. The van der Waals surface area contributed by atoms with E-state index in [0.29, 0.717) is 33.2 Å². The fourth-order valence-corrected chi connectivity index (χ4v) is 4.07. The number of aromatic nitrogens is 2. The van der Waals surface area contributed by atoms with Crippen molar-refractivity contribution in [2.24, 2.45) is 5.92 Å². The van der Waals surface area contributed by atoms with Crippen LogP contribution in [0.3, 0.4) is 0 Å². The minimum atomic E-state index is -0.288. The van der Waals surface area contributed by atoms with Gasteiger partial charge in [0, 0.05) is 22.7 Å². The molecule has 1 atom stereocenters. The van der Waals surface area contributed by atoms with Crippen molar-refractivity contribution in [2.75, 3.05) is 6.54 Å². The van der Waals surface area contributed by atoms with Crippen LogP contribution < -0.4 is 0 Å². The number of nitrogens with zero attached hydrogens (tertiary/aromatic N) is 2. The van der Waals surface area contributed by atoms with Crippen LogP contribution in [0.2, 0.25) is 15.1 Å². The second kappa shape index (κ2) is 7.43. The summed E-state index contributed by atoms with van der Waals surface area (Å²) in [5.74, 6) is 0.248. The molecule has 0 saturated heterocycles. The van der Waals surface area contributed by atoms with Crippen LogP contribution in [0.15, 0.2) is 42.5 Å². The number of rotatable bonds is 4. The highest BCUT2D eigenvalue weighted by molar-refractivity contribution is 6.42. The van der Waals surface area contributed by atoms with E-state index in [9.17, 15) is 4.79 Å². The Morgan fingerprint density at radius 3 is 2.43 bits per heavy atom. The number of carbonyl (C=O) groups excluding carboxylic acids is 1. The van der Waals surface area contributed by atoms with E-state index in [-0.39, 0.29) is 11.9 Å². The third kappa shape index (κ3) is 3.30. The largest absolute Gasteiger partial charge is 0.326 e. The quantitative estimate of drug-likeness (QED) is 0.528. The van der Waals surface area contributed by atoms with Crippen molar-refractivity contribution < 1.29 is 4.79 Å². The van der Waals surface area contributed by atoms with Crippen molar-refractivity contribution in [3.8, 4) is 11.3 Å². The Morgan fingerprint density at radius 2 is 1.79 bits per heavy atom. The predicted molar refractivity (Wildman–Crippen MR) is 113 cm³/mol. The first-order chi connectivity index (χ1) is 13.4. The lowest BCUT2D eigenvalue weighted by atomic mass is 9.96. The molecular formula is C21H18Cl3N3O. The highest BCUT2D eigenvalue weighted by atomic mass is 35.5. The predicted octanol–water partition coefficient (Wildman–Crippen LogP) is 6.24. The summed E-state index contributed by atoms with van der Waals surface area (Å²) < 4.78 is 0. The van der Waals surface area contributed by atoms with Gasteiger partial charge in [-0.3, -0.25) is 9.89 Å². The van der Waals surface area contributed by atoms with Gasteiger partial charge in [-0.25, -0.2) is 0 Å². The number of nitrogens with one attached hydrogen (secondary N) is 1. The van der Waals surface area contributed by atoms with Gasteiger partial charge in [-0.1, -0.05) is 66.8 Å². The molecule has 0 aliphatic carbocycles. The molecule has 144 valence electrons. The first-order valence-electron chi connectivity index (χ1n) is 8.97. The van der Waals surface area contributed by atoms with Crippen molar-refractivity contribution in [2.45, 2.75) is 19.9 Å². The molecule has 7 heteroatoms. The van der Waals surface area contributed by atoms with Crippen LogP contribution in [-0.2, 0) is 0 Å². The normalized spacial score (nSPS) is 16.1. The summed E-state index contributed by atoms with van der Waals surface area (Å²) in [6, 6.07) is 12.6. The number of amides is 1. The van der Waals surface area contributed by atoms with Gasteiger partial charge in [-0.15, -0.1) is 0 Å². The molecule has 0 radical (unpaired) electrons. The molecule has 1 N–H and O–H groups in total. The first-order valence-corrected chi connectivity index (χ1v) is 10.1. The molecule has 2 aromatic carbocycles. The summed E-state index contributed by atoms with van der Waals surface area (Å²) in [5.41, 5.74) is 3.90. The molecule has 1 unspecified atom stereocenters. The van der Waals surface area contributed by atoms with Crippen molar-refractivity contribution in [1.82, 2.24) is 15.1 Å². The van der Waals surface area contributed by atoms with Gasteiger partial charge in [0.1, 0.15) is 5.69 Å². The second-order valence-corrected chi connectivity index (χ2v) is 8.55. The van der Waals surface area contributed by atoms with E-state index in [1.165, 1.54) is 0 Å². The molecule has 0 spiro atoms. The molecule has 3 aromatic rings. The van der Waals surface area contributed by atoms with Crippen LogP contribution in [0.25, 0.3) is 11.3 Å². The summed E-state index contributed by atoms with van der Waals surface area (Å²) in [6.07, 6.45) is 0. The van der Waals surface area contributed by atoms with E-state index < -0.39 is 0 Å². The molecule has 2 heterocycles. The van der Waals surface area contributed by atoms with Crippen molar-refractivity contribution in [1.29, 1.82) is 0 Å². The minimum Gasteiger partial charge on any atom is -0.326 e. The van der Waals surface area contributed by atoms with Gasteiger partial charge in [0.2, 0.25) is 0 Å². The number of fused-ring (bicyclic) bond motifs is 1. The van der Waals surface area contributed by atoms with Gasteiger partial charge in [-0.05, 0) is 35.7 Å². The van der Waals surface area contributed by atoms with Crippen LogP contribution in [-0.4, -0.2) is 27.5 Å². The van der Waals surface area contributed by atoms with Gasteiger partial charge < -0.3 is 4.90 Å². The van der Waals surface area contributed by atoms with E-state index >= 15 is 0 Å². The number of hydrogen-bond acceptors (Lipinski definition) is 2. The molecule has 0 saturated carbocycles. The number of halogens is 3. The van der Waals surface area contributed by atoms with E-state index in [1.54, 1.807) is 6.07 Å². The summed E-state index contributed by atoms with van der Waals surface area (Å²) in [4.78, 5) is 15.0. The van der Waals surface area contributed by atoms with Crippen molar-refractivity contribution in [3.63, 3.8) is 0 Å². The van der Waals surface area contributed by atoms with Crippen LogP contribution in [0.4, 0.5) is 0 Å². The van der Waals surface area contributed by atoms with Crippen LogP contribution in [0.5, 0.6) is 0 Å². The van der Waals surface area contributed by atoms with Gasteiger partial charge in [0.05, 0.1) is 21.8 Å². The number of benzene rings is 2. The van der Waals surface area contributed by atoms with Gasteiger partial charge in [-0.2, -0.15) is 5.10 Å². The van der Waals surface area contributed by atoms with Gasteiger partial charge in [0.15, 0.2) is 0 Å². The lowest BCUT2D eigenvalue weighted by Gasteiger charge is -2.28. The Bertz CT molecular complexity index is 1040. The number of aromatic amines is 1. The Hall–Kier alpha value is -2.01. The van der Waals surface area contributed by atoms with Crippen LogP contribution in [0.1, 0.15) is 41.5 Å². The van der Waals surface area contributed by atoms with Crippen molar-refractivity contribution >= 4 is 40.7 Å². The third-order valence-electron chi connectivity index (χ3n) is 4.80. The van der Waals surface area contributed by atoms with Crippen LogP contribution >= 0.6 is 34.8 Å². The highest BCUT2D eigenvalue weighted by Gasteiger charge is 2.42. The summed E-state index contributed by atoms with van der Waals surface area (Å²) in [5, 5.41) is 8.98. The Kier molecular flexibility index (Phi) is 5.13. The second-order valence-electron chi connectivity index (χ2n) is 7.30. The Morgan fingerprint density at radius 1 is 1.07 bits per heavy atom. The fourth-order valence-electron chi connectivity index (χ4n) is 3.64. The Labute approximate surface area is 178 Å². The minimum absolute atomic E-state index is 0.0625. The third-order valence-corrected chi connectivity index (χ3v) is 5.79. The van der Waals surface area contributed by atoms with E-state index in [1.807, 2.05) is 41.3 Å². The summed E-state index contributed by atoms with van der Waals surface area (Å²) >= 11 is 18.4. The molecular weight excluding hydrogens is 417 g/mol. The molecule has 1 aromatic heterocycles. The number of H-pyrrole nitrogens is 1. The topological polar surface area (TPSA) is 49.0 Å². The van der Waals surface area contributed by atoms with E-state index in [2.05, 4.69) is 24.0 Å². The maximum atomic E-state index is 13.1. The van der Waals surface area contributed by atoms with E-state index in [0.717, 1.165) is 22.4 Å². The average Bonchev–Trinajstić information content (AvgIpc) is 3.18. The smallest absolute Gasteiger partial charge is 0.273 e. The molecule has 0 bridgehead atoms. The Balaban J connectivity index is 1.89. The SMILES string of the molecule is CC(C)CN1C(=O)c2[nH]nc(-c3ccc(Cl)cc3)c2C1c1ccc(Cl)c(Cl)c1. The molecule has 0 fully saturated rings. The molecule has 4 nitrogen and oxygen atoms in total. The van der Waals surface area contributed by atoms with Crippen molar-refractivity contribution in [3.05, 3.63) is 74.4 Å². The maximum Gasteiger partial charge on any atom is 0.273 e. The van der Waals surface area contributed by atoms with Crippen LogP contribution in [0, 0.1) is 5.92 Å². The molecule has 28 heavy (non-hydrogen) atoms. The lowest BCUT2D eigenvalue weighted by molar-refractivity contribution is 0.0722. The zero-order valence-electron chi connectivity index (χ0n) is 15.3. The summed E-state index contributed by atoms with van der Waals surface area (Å²) in [6.45, 7) is 4.79. The zero-order valence-corrected chi connectivity index (χ0v) is 17.6. The fraction of sp³-hybridized carbons (Fsp3) is 0.238. The molecule has 1 aliphatic heterocycles. The molecule has 1 amide bonds. The highest BCUT2D eigenvalue weighted by Crippen LogP contribution is 2.44. The average molecular weight is 435 g/mol. The zero-order chi connectivity index (χ0) is 20.0. The van der Waals surface area contributed by atoms with Gasteiger partial charge >= 0.3 is 0 Å². The summed E-state index contributed by atoms with van der Waals surface area (Å²) in [7, 11) is 0. The number of carbonyl (C=O) groups is 1. The van der Waals surface area contributed by atoms with Gasteiger partial charge in [0.25, 0.3) is 5.91 Å². The van der Waals surface area contributed by atoms with E-state index in [4.69, 9.17) is 34.8 Å².